The minimum absolute atomic E-state index is 0.342. The van der Waals surface area contributed by atoms with E-state index in [1.165, 1.54) is 6.33 Å². The topological polar surface area (TPSA) is 79.4 Å². The second-order valence-electron chi connectivity index (χ2n) is 6.47. The Bertz CT molecular complexity index is 727. The molecule has 0 aliphatic carbocycles. The Hall–Kier alpha value is -2.83. The first kappa shape index (κ1) is 18.0. The summed E-state index contributed by atoms with van der Waals surface area (Å²) in [5.41, 5.74) is 0.685. The number of anilines is 3. The molecule has 0 unspecified atom stereocenters. The van der Waals surface area contributed by atoms with E-state index in [4.69, 9.17) is 4.74 Å². The Morgan fingerprint density at radius 1 is 1.19 bits per heavy atom. The van der Waals surface area contributed by atoms with Crippen LogP contribution in [-0.4, -0.2) is 35.7 Å². The van der Waals surface area contributed by atoms with Gasteiger partial charge in [-0.15, -0.1) is 0 Å². The number of hydrogen-bond acceptors (Lipinski definition) is 5. The number of piperidine rings is 1. The lowest BCUT2D eigenvalue weighted by molar-refractivity contribution is 0.262. The quantitative estimate of drug-likeness (QED) is 0.854. The molecular formula is C19H25N5O2. The zero-order valence-electron chi connectivity index (χ0n) is 15.2. The molecule has 26 heavy (non-hydrogen) atoms. The first-order chi connectivity index (χ1) is 12.6. The minimum atomic E-state index is -0.342. The van der Waals surface area contributed by atoms with Crippen LogP contribution in [-0.2, 0) is 0 Å². The van der Waals surface area contributed by atoms with Crippen LogP contribution in [0.25, 0.3) is 0 Å². The molecule has 1 aliphatic heterocycles. The fourth-order valence-electron chi connectivity index (χ4n) is 2.91. The molecule has 0 radical (unpaired) electrons. The van der Waals surface area contributed by atoms with E-state index in [-0.39, 0.29) is 6.03 Å². The zero-order chi connectivity index (χ0) is 18.4. The number of ether oxygens (including phenoxy) is 1. The van der Waals surface area contributed by atoms with Gasteiger partial charge in [0.25, 0.3) is 0 Å². The average Bonchev–Trinajstić information content (AvgIpc) is 2.64. The van der Waals surface area contributed by atoms with Crippen molar-refractivity contribution in [1.82, 2.24) is 9.97 Å². The molecule has 2 aromatic rings. The van der Waals surface area contributed by atoms with Crippen molar-refractivity contribution in [3.63, 3.8) is 0 Å². The van der Waals surface area contributed by atoms with Gasteiger partial charge in [-0.05, 0) is 49.9 Å². The molecule has 0 bridgehead atoms. The van der Waals surface area contributed by atoms with Crippen molar-refractivity contribution < 1.29 is 9.53 Å². The molecule has 2 N–H and O–H groups in total. The average molecular weight is 355 g/mol. The van der Waals surface area contributed by atoms with Gasteiger partial charge < -0.3 is 15.0 Å². The Labute approximate surface area is 153 Å². The normalized spacial score (nSPS) is 14.8. The summed E-state index contributed by atoms with van der Waals surface area (Å²) < 4.78 is 5.39. The summed E-state index contributed by atoms with van der Waals surface area (Å²) >= 11 is 0. The molecule has 2 amide bonds. The van der Waals surface area contributed by atoms with Crippen molar-refractivity contribution >= 4 is 23.4 Å². The molecule has 0 spiro atoms. The van der Waals surface area contributed by atoms with Gasteiger partial charge in [0.15, 0.2) is 0 Å². The summed E-state index contributed by atoms with van der Waals surface area (Å²) in [5, 5.41) is 5.54. The fourth-order valence-corrected chi connectivity index (χ4v) is 2.91. The Kier molecular flexibility index (Phi) is 5.88. The largest absolute Gasteiger partial charge is 0.494 e. The molecule has 138 valence electrons. The highest BCUT2D eigenvalue weighted by molar-refractivity contribution is 5.99. The van der Waals surface area contributed by atoms with Crippen LogP contribution in [0.5, 0.6) is 5.75 Å². The first-order valence-corrected chi connectivity index (χ1v) is 9.02. The number of nitrogens with one attached hydrogen (secondary N) is 2. The Morgan fingerprint density at radius 3 is 2.62 bits per heavy atom. The van der Waals surface area contributed by atoms with Gasteiger partial charge in [-0.3, -0.25) is 5.32 Å². The van der Waals surface area contributed by atoms with Crippen molar-refractivity contribution in [3.05, 3.63) is 36.7 Å². The summed E-state index contributed by atoms with van der Waals surface area (Å²) in [6.45, 7) is 6.78. The number of carbonyl (C=O) groups is 1. The maximum atomic E-state index is 12.2. The first-order valence-electron chi connectivity index (χ1n) is 9.02. The predicted molar refractivity (Wildman–Crippen MR) is 103 cm³/mol. The van der Waals surface area contributed by atoms with Gasteiger partial charge in [-0.1, -0.05) is 6.92 Å². The lowest BCUT2D eigenvalue weighted by atomic mass is 9.99. The number of hydrogen-bond donors (Lipinski definition) is 2. The standard InChI is InChI=1S/C19H25N5O2/c1-3-26-16-6-4-15(5-7-16)22-19(25)23-17-12-18(21-13-20-17)24-10-8-14(2)9-11-24/h4-7,12-14H,3,8-11H2,1-2H3,(H2,20,21,22,23,25). The summed E-state index contributed by atoms with van der Waals surface area (Å²) in [6.07, 6.45) is 3.80. The molecule has 3 rings (SSSR count). The SMILES string of the molecule is CCOc1ccc(NC(=O)Nc2cc(N3CCC(C)CC3)ncn2)cc1. The summed E-state index contributed by atoms with van der Waals surface area (Å²) in [5.74, 6) is 2.86. The maximum Gasteiger partial charge on any atom is 0.324 e. The van der Waals surface area contributed by atoms with Gasteiger partial charge in [0.2, 0.25) is 0 Å². The molecule has 7 heteroatoms. The molecule has 1 aromatic heterocycles. The van der Waals surface area contributed by atoms with E-state index in [1.807, 2.05) is 25.1 Å². The van der Waals surface area contributed by atoms with E-state index in [2.05, 4.69) is 32.4 Å². The monoisotopic (exact) mass is 355 g/mol. The minimum Gasteiger partial charge on any atom is -0.494 e. The van der Waals surface area contributed by atoms with Gasteiger partial charge in [-0.2, -0.15) is 0 Å². The Morgan fingerprint density at radius 2 is 1.92 bits per heavy atom. The van der Waals surface area contributed by atoms with Crippen LogP contribution in [0.15, 0.2) is 36.7 Å². The molecule has 0 saturated carbocycles. The molecule has 1 saturated heterocycles. The number of aromatic nitrogens is 2. The van der Waals surface area contributed by atoms with Crippen molar-refractivity contribution in [2.24, 2.45) is 5.92 Å². The zero-order valence-corrected chi connectivity index (χ0v) is 15.2. The third kappa shape index (κ3) is 4.84. The molecule has 1 fully saturated rings. The van der Waals surface area contributed by atoms with Crippen LogP contribution in [0, 0.1) is 5.92 Å². The highest BCUT2D eigenvalue weighted by Crippen LogP contribution is 2.22. The summed E-state index contributed by atoms with van der Waals surface area (Å²) in [7, 11) is 0. The van der Waals surface area contributed by atoms with E-state index < -0.39 is 0 Å². The number of carbonyl (C=O) groups excluding carboxylic acids is 1. The smallest absolute Gasteiger partial charge is 0.324 e. The number of nitrogens with zero attached hydrogens (tertiary/aromatic N) is 3. The molecule has 1 aromatic carbocycles. The van der Waals surface area contributed by atoms with Crippen molar-refractivity contribution in [2.45, 2.75) is 26.7 Å². The predicted octanol–water partition coefficient (Wildman–Crippen LogP) is 3.76. The van der Waals surface area contributed by atoms with Crippen molar-refractivity contribution in [1.29, 1.82) is 0 Å². The molecule has 1 aliphatic rings. The molecule has 7 nitrogen and oxygen atoms in total. The second kappa shape index (κ2) is 8.51. The third-order valence-corrected chi connectivity index (χ3v) is 4.43. The van der Waals surface area contributed by atoms with Gasteiger partial charge in [0.1, 0.15) is 23.7 Å². The van der Waals surface area contributed by atoms with Crippen LogP contribution in [0.1, 0.15) is 26.7 Å². The van der Waals surface area contributed by atoms with Crippen LogP contribution in [0.4, 0.5) is 22.1 Å². The van der Waals surface area contributed by atoms with Crippen LogP contribution >= 0.6 is 0 Å². The third-order valence-electron chi connectivity index (χ3n) is 4.43. The van der Waals surface area contributed by atoms with Crippen LogP contribution in [0.3, 0.4) is 0 Å². The molecular weight excluding hydrogens is 330 g/mol. The fraction of sp³-hybridized carbons (Fsp3) is 0.421. The maximum absolute atomic E-state index is 12.2. The van der Waals surface area contributed by atoms with Gasteiger partial charge in [0, 0.05) is 24.8 Å². The van der Waals surface area contributed by atoms with Gasteiger partial charge >= 0.3 is 6.03 Å². The summed E-state index contributed by atoms with van der Waals surface area (Å²) in [4.78, 5) is 22.9. The molecule has 0 atom stereocenters. The van der Waals surface area contributed by atoms with Gasteiger partial charge in [-0.25, -0.2) is 14.8 Å². The van der Waals surface area contributed by atoms with Gasteiger partial charge in [0.05, 0.1) is 6.61 Å². The lowest BCUT2D eigenvalue weighted by Gasteiger charge is -2.31. The lowest BCUT2D eigenvalue weighted by Crippen LogP contribution is -2.33. The van der Waals surface area contributed by atoms with E-state index in [9.17, 15) is 4.79 Å². The van der Waals surface area contributed by atoms with Crippen LogP contribution in [0.2, 0.25) is 0 Å². The van der Waals surface area contributed by atoms with E-state index in [0.29, 0.717) is 18.1 Å². The second-order valence-corrected chi connectivity index (χ2v) is 6.47. The van der Waals surface area contributed by atoms with E-state index in [1.54, 1.807) is 12.1 Å². The van der Waals surface area contributed by atoms with E-state index in [0.717, 1.165) is 43.4 Å². The Balaban J connectivity index is 1.58. The highest BCUT2D eigenvalue weighted by Gasteiger charge is 2.17. The van der Waals surface area contributed by atoms with Crippen molar-refractivity contribution in [2.75, 3.05) is 35.2 Å². The number of amides is 2. The number of urea groups is 1. The van der Waals surface area contributed by atoms with Crippen molar-refractivity contribution in [3.8, 4) is 5.75 Å². The number of benzene rings is 1. The highest BCUT2D eigenvalue weighted by atomic mass is 16.5. The summed E-state index contributed by atoms with van der Waals surface area (Å²) in [6, 6.07) is 8.70. The molecule has 2 heterocycles. The number of rotatable bonds is 5. The van der Waals surface area contributed by atoms with E-state index >= 15 is 0 Å². The van der Waals surface area contributed by atoms with Crippen LogP contribution < -0.4 is 20.3 Å².